The summed E-state index contributed by atoms with van der Waals surface area (Å²) in [5, 5.41) is 26.0. The molecule has 0 aliphatic heterocycles. The van der Waals surface area contributed by atoms with Crippen molar-refractivity contribution in [1.82, 2.24) is 0 Å². The van der Waals surface area contributed by atoms with Crippen LogP contribution in [0.5, 0.6) is 0 Å². The molecule has 0 radical (unpaired) electrons. The number of aliphatic hydroxyl groups is 3. The van der Waals surface area contributed by atoms with E-state index in [9.17, 15) is 0 Å². The van der Waals surface area contributed by atoms with Crippen LogP contribution < -0.4 is 0 Å². The number of ether oxygens (including phenoxy) is 1. The monoisotopic (exact) mass is 458 g/mol. The summed E-state index contributed by atoms with van der Waals surface area (Å²) in [6.45, 7) is 8.05. The standard InChI is InChI=1S/C22H44O.C6H14O3/c1-3-5-6-7-8-9-10-11-12-13-14-15-16-17-18-19-20-21-22-23-4-2;1-2-6(3-7,4-8)5-9/h4H,2-3,5-22H2,1H3;7-9H,2-5H2,1H3. The van der Waals surface area contributed by atoms with Crippen molar-refractivity contribution in [3.8, 4) is 0 Å². The molecule has 0 aromatic carbocycles. The molecule has 0 heterocycles. The lowest BCUT2D eigenvalue weighted by molar-refractivity contribution is 0.00304. The van der Waals surface area contributed by atoms with Gasteiger partial charge in [-0.15, -0.1) is 0 Å². The van der Waals surface area contributed by atoms with Crippen molar-refractivity contribution in [2.45, 2.75) is 136 Å². The highest BCUT2D eigenvalue weighted by Crippen LogP contribution is 2.18. The first-order valence-corrected chi connectivity index (χ1v) is 13.7. The zero-order valence-corrected chi connectivity index (χ0v) is 21.8. The molecular weight excluding hydrogens is 400 g/mol. The lowest BCUT2D eigenvalue weighted by Crippen LogP contribution is -2.32. The highest BCUT2D eigenvalue weighted by molar-refractivity contribution is 4.74. The van der Waals surface area contributed by atoms with Gasteiger partial charge in [-0.25, -0.2) is 0 Å². The second kappa shape index (κ2) is 28.5. The fourth-order valence-electron chi connectivity index (χ4n) is 3.66. The summed E-state index contributed by atoms with van der Waals surface area (Å²) in [5.41, 5.74) is -0.667. The van der Waals surface area contributed by atoms with Crippen molar-refractivity contribution in [3.05, 3.63) is 12.8 Å². The normalized spacial score (nSPS) is 11.2. The number of unbranched alkanes of at least 4 members (excludes halogenated alkanes) is 17. The summed E-state index contributed by atoms with van der Waals surface area (Å²) in [6, 6.07) is 0. The Kier molecular flexibility index (Phi) is 29.9. The van der Waals surface area contributed by atoms with Gasteiger partial charge in [0.25, 0.3) is 0 Å². The molecule has 32 heavy (non-hydrogen) atoms. The van der Waals surface area contributed by atoms with Crippen LogP contribution >= 0.6 is 0 Å². The molecule has 0 fully saturated rings. The van der Waals surface area contributed by atoms with Gasteiger partial charge < -0.3 is 20.1 Å². The maximum absolute atomic E-state index is 8.66. The van der Waals surface area contributed by atoms with Gasteiger partial charge in [0.15, 0.2) is 0 Å². The van der Waals surface area contributed by atoms with E-state index in [0.29, 0.717) is 6.42 Å². The van der Waals surface area contributed by atoms with Crippen molar-refractivity contribution in [2.75, 3.05) is 26.4 Å². The molecule has 0 saturated heterocycles. The number of hydrogen-bond acceptors (Lipinski definition) is 4. The largest absolute Gasteiger partial charge is 0.502 e. The molecule has 0 unspecified atom stereocenters. The van der Waals surface area contributed by atoms with E-state index in [1.807, 2.05) is 6.92 Å². The molecular formula is C28H58O4. The molecule has 4 nitrogen and oxygen atoms in total. The molecule has 0 aromatic rings. The Labute approximate surface area is 200 Å². The van der Waals surface area contributed by atoms with Crippen molar-refractivity contribution in [1.29, 1.82) is 0 Å². The van der Waals surface area contributed by atoms with E-state index in [4.69, 9.17) is 20.1 Å². The van der Waals surface area contributed by atoms with Gasteiger partial charge in [-0.2, -0.15) is 0 Å². The summed E-state index contributed by atoms with van der Waals surface area (Å²) < 4.78 is 5.13. The summed E-state index contributed by atoms with van der Waals surface area (Å²) >= 11 is 0. The average Bonchev–Trinajstić information content (AvgIpc) is 2.83. The minimum Gasteiger partial charge on any atom is -0.502 e. The SMILES string of the molecule is C=COCCCCCCCCCCCCCCCCCCCC.CCC(CO)(CO)CO. The first-order valence-electron chi connectivity index (χ1n) is 13.7. The predicted octanol–water partition coefficient (Wildman–Crippen LogP) is 7.55. The number of hydrogen-bond donors (Lipinski definition) is 3. The minimum absolute atomic E-state index is 0.156. The Morgan fingerprint density at radius 1 is 0.562 bits per heavy atom. The topological polar surface area (TPSA) is 69.9 Å². The smallest absolute Gasteiger partial charge is 0.0873 e. The van der Waals surface area contributed by atoms with Crippen LogP contribution in [0.3, 0.4) is 0 Å². The van der Waals surface area contributed by atoms with E-state index >= 15 is 0 Å². The highest BCUT2D eigenvalue weighted by Gasteiger charge is 2.24. The van der Waals surface area contributed by atoms with Gasteiger partial charge in [0.05, 0.1) is 32.7 Å². The van der Waals surface area contributed by atoms with Crippen LogP contribution in [-0.4, -0.2) is 41.7 Å². The van der Waals surface area contributed by atoms with E-state index in [-0.39, 0.29) is 19.8 Å². The number of aliphatic hydroxyl groups excluding tert-OH is 3. The fourth-order valence-corrected chi connectivity index (χ4v) is 3.66. The Bertz CT molecular complexity index is 325. The molecule has 0 saturated carbocycles. The van der Waals surface area contributed by atoms with Crippen LogP contribution in [0.1, 0.15) is 136 Å². The summed E-state index contributed by atoms with van der Waals surface area (Å²) in [5.74, 6) is 0. The zero-order chi connectivity index (χ0) is 24.2. The zero-order valence-electron chi connectivity index (χ0n) is 21.8. The van der Waals surface area contributed by atoms with Gasteiger partial charge in [-0.05, 0) is 12.8 Å². The van der Waals surface area contributed by atoms with E-state index in [0.717, 1.165) is 6.61 Å². The van der Waals surface area contributed by atoms with Crippen LogP contribution in [0.2, 0.25) is 0 Å². The fraction of sp³-hybridized carbons (Fsp3) is 0.929. The van der Waals surface area contributed by atoms with Gasteiger partial charge in [-0.1, -0.05) is 130 Å². The maximum Gasteiger partial charge on any atom is 0.0873 e. The van der Waals surface area contributed by atoms with Crippen LogP contribution in [0.4, 0.5) is 0 Å². The van der Waals surface area contributed by atoms with E-state index < -0.39 is 5.41 Å². The van der Waals surface area contributed by atoms with Crippen LogP contribution in [0.15, 0.2) is 12.8 Å². The van der Waals surface area contributed by atoms with Gasteiger partial charge in [0, 0.05) is 5.41 Å². The molecule has 0 amide bonds. The van der Waals surface area contributed by atoms with Gasteiger partial charge in [0.1, 0.15) is 0 Å². The van der Waals surface area contributed by atoms with Gasteiger partial charge in [0.2, 0.25) is 0 Å². The van der Waals surface area contributed by atoms with Crippen molar-refractivity contribution < 1.29 is 20.1 Å². The van der Waals surface area contributed by atoms with E-state index in [2.05, 4.69) is 13.5 Å². The molecule has 4 heteroatoms. The van der Waals surface area contributed by atoms with Crippen molar-refractivity contribution in [3.63, 3.8) is 0 Å². The minimum atomic E-state index is -0.667. The Morgan fingerprint density at radius 3 is 1.09 bits per heavy atom. The van der Waals surface area contributed by atoms with Crippen LogP contribution in [0, 0.1) is 5.41 Å². The van der Waals surface area contributed by atoms with E-state index in [1.54, 1.807) is 6.26 Å². The lowest BCUT2D eigenvalue weighted by atomic mass is 9.88. The first kappa shape index (κ1) is 33.6. The second-order valence-corrected chi connectivity index (χ2v) is 9.38. The molecule has 3 N–H and O–H groups in total. The molecule has 0 aliphatic carbocycles. The Balaban J connectivity index is 0. The van der Waals surface area contributed by atoms with Crippen molar-refractivity contribution in [2.24, 2.45) is 5.41 Å². The van der Waals surface area contributed by atoms with E-state index in [1.165, 1.54) is 116 Å². The van der Waals surface area contributed by atoms with Crippen LogP contribution in [0.25, 0.3) is 0 Å². The second-order valence-electron chi connectivity index (χ2n) is 9.38. The molecule has 0 bridgehead atoms. The van der Waals surface area contributed by atoms with Gasteiger partial charge in [-0.3, -0.25) is 0 Å². The summed E-state index contributed by atoms with van der Waals surface area (Å²) in [6.07, 6.45) is 27.8. The molecule has 0 spiro atoms. The lowest BCUT2D eigenvalue weighted by Gasteiger charge is -2.24. The molecule has 0 aromatic heterocycles. The Morgan fingerprint density at radius 2 is 0.875 bits per heavy atom. The Hall–Kier alpha value is -0.580. The maximum atomic E-state index is 8.66. The van der Waals surface area contributed by atoms with Crippen molar-refractivity contribution >= 4 is 0 Å². The third kappa shape index (κ3) is 24.1. The quantitative estimate of drug-likeness (QED) is 0.103. The molecule has 0 rings (SSSR count). The third-order valence-corrected chi connectivity index (χ3v) is 6.49. The number of rotatable bonds is 24. The van der Waals surface area contributed by atoms with Crippen LogP contribution in [-0.2, 0) is 4.74 Å². The predicted molar refractivity (Wildman–Crippen MR) is 139 cm³/mol. The molecule has 194 valence electrons. The highest BCUT2D eigenvalue weighted by atomic mass is 16.5. The van der Waals surface area contributed by atoms with Gasteiger partial charge >= 0.3 is 0 Å². The summed E-state index contributed by atoms with van der Waals surface area (Å²) in [4.78, 5) is 0. The molecule has 0 aliphatic rings. The first-order chi connectivity index (χ1) is 15.7. The molecule has 0 atom stereocenters. The average molecular weight is 459 g/mol. The third-order valence-electron chi connectivity index (χ3n) is 6.49. The summed E-state index contributed by atoms with van der Waals surface area (Å²) in [7, 11) is 0.